The van der Waals surface area contributed by atoms with Gasteiger partial charge >= 0.3 is 11.9 Å². The van der Waals surface area contributed by atoms with Crippen LogP contribution < -0.4 is 0 Å². The van der Waals surface area contributed by atoms with Crippen LogP contribution in [-0.4, -0.2) is 114 Å². The van der Waals surface area contributed by atoms with Gasteiger partial charge in [-0.1, -0.05) is 33.8 Å². The maximum Gasteiger partial charge on any atom is 0.333 e. The molecule has 0 aromatic heterocycles. The molecule has 11 heteroatoms. The topological polar surface area (TPSA) is 177 Å². The number of piperidine rings is 2. The SMILES string of the molecule is C/C=C(/C)C(=O)O[C@H]1CC[C@@]2(C)C(CC(O)C3[C@@]4(O)C(C[C@@]32O)C2CN3C[C@@H](C)CCC3C(O)C2[C@@H](OC(=O)C(C)CC)[C@@H]4O)[C@H]1O. The fraction of sp³-hybridized carbons (Fsp3) is 0.889. The zero-order valence-corrected chi connectivity index (χ0v) is 28.8. The average molecular weight is 664 g/mol. The lowest BCUT2D eigenvalue weighted by Crippen LogP contribution is -2.75. The summed E-state index contributed by atoms with van der Waals surface area (Å²) in [6.07, 6.45) is -2.54. The van der Waals surface area contributed by atoms with E-state index < -0.39 is 101 Å². The monoisotopic (exact) mass is 663 g/mol. The predicted molar refractivity (Wildman–Crippen MR) is 170 cm³/mol. The molecule has 9 unspecified atom stereocenters. The van der Waals surface area contributed by atoms with E-state index in [1.54, 1.807) is 26.8 Å². The summed E-state index contributed by atoms with van der Waals surface area (Å²) in [5.41, 5.74) is -4.34. The largest absolute Gasteiger partial charge is 0.459 e. The fourth-order valence-electron chi connectivity index (χ4n) is 11.2. The number of carbonyl (C=O) groups excluding carboxylic acids is 2. The third kappa shape index (κ3) is 5.08. The van der Waals surface area contributed by atoms with E-state index in [9.17, 15) is 40.2 Å². The van der Waals surface area contributed by atoms with Crippen LogP contribution in [0.5, 0.6) is 0 Å². The molecule has 0 aromatic rings. The number of allylic oxidation sites excluding steroid dienone is 1. The van der Waals surface area contributed by atoms with Crippen molar-refractivity contribution in [1.82, 2.24) is 4.90 Å². The second kappa shape index (κ2) is 12.3. The Balaban J connectivity index is 1.39. The second-order valence-corrected chi connectivity index (χ2v) is 16.5. The first kappa shape index (κ1) is 35.2. The Morgan fingerprint density at radius 3 is 2.38 bits per heavy atom. The highest BCUT2D eigenvalue weighted by Gasteiger charge is 2.80. The van der Waals surface area contributed by atoms with E-state index in [0.717, 1.165) is 19.4 Å². The van der Waals surface area contributed by atoms with Gasteiger partial charge in [-0.05, 0) is 82.5 Å². The van der Waals surface area contributed by atoms with Crippen LogP contribution in [0.3, 0.4) is 0 Å². The molecule has 4 saturated carbocycles. The van der Waals surface area contributed by atoms with E-state index in [1.807, 2.05) is 13.8 Å². The molecule has 17 atom stereocenters. The Kier molecular flexibility index (Phi) is 9.23. The number of rotatable bonds is 5. The smallest absolute Gasteiger partial charge is 0.333 e. The first-order valence-corrected chi connectivity index (χ1v) is 18.0. The molecule has 6 aliphatic rings. The van der Waals surface area contributed by atoms with Crippen LogP contribution in [0.4, 0.5) is 0 Å². The zero-order valence-electron chi connectivity index (χ0n) is 28.8. The average Bonchev–Trinajstić information content (AvgIpc) is 3.30. The molecular weight excluding hydrogens is 606 g/mol. The summed E-state index contributed by atoms with van der Waals surface area (Å²) in [5.74, 6) is -4.77. The summed E-state index contributed by atoms with van der Waals surface area (Å²) in [4.78, 5) is 28.1. The van der Waals surface area contributed by atoms with Gasteiger partial charge in [-0.25, -0.2) is 4.79 Å². The maximum absolute atomic E-state index is 13.3. The summed E-state index contributed by atoms with van der Waals surface area (Å²) < 4.78 is 11.8. The maximum atomic E-state index is 13.3. The molecule has 6 fully saturated rings. The van der Waals surface area contributed by atoms with Gasteiger partial charge in [-0.15, -0.1) is 0 Å². The number of hydrogen-bond acceptors (Lipinski definition) is 11. The van der Waals surface area contributed by atoms with Crippen molar-refractivity contribution in [3.05, 3.63) is 11.6 Å². The number of carbonyl (C=O) groups is 2. The number of nitrogens with zero attached hydrogens (tertiary/aromatic N) is 1. The van der Waals surface area contributed by atoms with Gasteiger partial charge < -0.3 is 40.1 Å². The molecule has 11 nitrogen and oxygen atoms in total. The fourth-order valence-corrected chi connectivity index (χ4v) is 11.2. The van der Waals surface area contributed by atoms with Crippen molar-refractivity contribution < 1.29 is 49.7 Å². The number of fused-ring (bicyclic) bond motifs is 8. The Morgan fingerprint density at radius 1 is 1.02 bits per heavy atom. The lowest BCUT2D eigenvalue weighted by atomic mass is 9.47. The molecule has 6 N–H and O–H groups in total. The quantitative estimate of drug-likeness (QED) is 0.186. The molecule has 4 aliphatic carbocycles. The molecule has 0 radical (unpaired) electrons. The highest BCUT2D eigenvalue weighted by atomic mass is 16.6. The van der Waals surface area contributed by atoms with Crippen molar-refractivity contribution in [2.45, 2.75) is 140 Å². The minimum atomic E-state index is -2.03. The van der Waals surface area contributed by atoms with Crippen LogP contribution in [0.15, 0.2) is 11.6 Å². The molecule has 2 heterocycles. The van der Waals surface area contributed by atoms with Gasteiger partial charge in [0.15, 0.2) is 0 Å². The highest BCUT2D eigenvalue weighted by molar-refractivity contribution is 5.87. The summed E-state index contributed by atoms with van der Waals surface area (Å²) in [7, 11) is 0. The van der Waals surface area contributed by atoms with Crippen LogP contribution in [0.2, 0.25) is 0 Å². The van der Waals surface area contributed by atoms with Gasteiger partial charge in [0.1, 0.15) is 23.9 Å². The van der Waals surface area contributed by atoms with Crippen molar-refractivity contribution in [1.29, 1.82) is 0 Å². The molecule has 0 amide bonds. The van der Waals surface area contributed by atoms with Crippen LogP contribution in [0.1, 0.15) is 86.5 Å². The number of ether oxygens (including phenoxy) is 2. The van der Waals surface area contributed by atoms with Crippen molar-refractivity contribution in [3.8, 4) is 0 Å². The molecule has 0 spiro atoms. The number of aliphatic hydroxyl groups excluding tert-OH is 4. The van der Waals surface area contributed by atoms with Gasteiger partial charge in [0, 0.05) is 42.0 Å². The summed E-state index contributed by atoms with van der Waals surface area (Å²) >= 11 is 0. The molecule has 0 bridgehead atoms. The molecule has 2 aliphatic heterocycles. The molecule has 47 heavy (non-hydrogen) atoms. The van der Waals surface area contributed by atoms with Crippen molar-refractivity contribution in [2.24, 2.45) is 46.8 Å². The lowest BCUT2D eigenvalue weighted by molar-refractivity contribution is -0.296. The van der Waals surface area contributed by atoms with Gasteiger partial charge in [0.25, 0.3) is 0 Å². The molecule has 266 valence electrons. The number of esters is 2. The van der Waals surface area contributed by atoms with Crippen molar-refractivity contribution in [2.75, 3.05) is 13.1 Å². The van der Waals surface area contributed by atoms with E-state index in [2.05, 4.69) is 11.8 Å². The van der Waals surface area contributed by atoms with E-state index in [1.165, 1.54) is 0 Å². The minimum Gasteiger partial charge on any atom is -0.459 e. The van der Waals surface area contributed by atoms with Crippen LogP contribution >= 0.6 is 0 Å². The molecule has 2 saturated heterocycles. The Morgan fingerprint density at radius 2 is 1.72 bits per heavy atom. The standard InChI is InChI=1S/C36H57NO10/c1-7-18(4)32(42)46-25-11-12-34(6)21(27(25)39)13-24(38)30-35(34,44)14-22-20-16-37-15-17(3)9-10-23(37)28(40)26(20)29(31(41)36(22,30)45)47-33(43)19(5)8-2/h7,17,19-31,38-41,44-45H,8-16H2,1-6H3/b18-7-/t17-,19?,20?,21?,22?,23?,24?,25-,26?,27+,28?,29+,30?,31-,34-,35+,36-/m0/s1. The normalized spacial score (nSPS) is 51.8. The number of hydrogen-bond donors (Lipinski definition) is 6. The molecule has 0 aromatic carbocycles. The lowest BCUT2D eigenvalue weighted by Gasteiger charge is -2.63. The molecular formula is C36H57NO10. The number of aliphatic hydroxyl groups is 6. The van der Waals surface area contributed by atoms with E-state index in [0.29, 0.717) is 30.9 Å². The van der Waals surface area contributed by atoms with E-state index in [-0.39, 0.29) is 25.3 Å². The van der Waals surface area contributed by atoms with Crippen molar-refractivity contribution >= 4 is 11.9 Å². The van der Waals surface area contributed by atoms with Gasteiger partial charge in [-0.3, -0.25) is 9.69 Å². The summed E-state index contributed by atoms with van der Waals surface area (Å²) in [6, 6.07) is -0.172. The third-order valence-corrected chi connectivity index (χ3v) is 14.2. The van der Waals surface area contributed by atoms with Gasteiger partial charge in [-0.2, -0.15) is 0 Å². The Labute approximate surface area is 278 Å². The zero-order chi connectivity index (χ0) is 34.4. The van der Waals surface area contributed by atoms with Crippen molar-refractivity contribution in [3.63, 3.8) is 0 Å². The van der Waals surface area contributed by atoms with Crippen LogP contribution in [0, 0.1) is 46.8 Å². The first-order chi connectivity index (χ1) is 22.0. The minimum absolute atomic E-state index is 0.0167. The van der Waals surface area contributed by atoms with Gasteiger partial charge in [0.05, 0.1) is 29.8 Å². The third-order valence-electron chi connectivity index (χ3n) is 14.2. The van der Waals surface area contributed by atoms with E-state index >= 15 is 0 Å². The van der Waals surface area contributed by atoms with Gasteiger partial charge in [0.2, 0.25) is 0 Å². The Bertz CT molecular complexity index is 1260. The van der Waals surface area contributed by atoms with E-state index in [4.69, 9.17) is 9.47 Å². The highest BCUT2D eigenvalue weighted by Crippen LogP contribution is 2.70. The second-order valence-electron chi connectivity index (χ2n) is 16.5. The summed E-state index contributed by atoms with van der Waals surface area (Å²) in [5, 5.41) is 73.5. The van der Waals surface area contributed by atoms with Crippen LogP contribution in [0.25, 0.3) is 0 Å². The molecule has 6 rings (SSSR count). The Hall–Kier alpha value is -1.60. The predicted octanol–water partition coefficient (Wildman–Crippen LogP) is 1.54. The van der Waals surface area contributed by atoms with Crippen LogP contribution in [-0.2, 0) is 19.1 Å². The summed E-state index contributed by atoms with van der Waals surface area (Å²) in [6.45, 7) is 12.3. The first-order valence-electron chi connectivity index (χ1n) is 18.0.